The number of hydrogen-bond acceptors (Lipinski definition) is 2. The maximum absolute atomic E-state index is 12.3. The molecule has 2 aliphatic rings. The van der Waals surface area contributed by atoms with E-state index in [1.54, 1.807) is 0 Å². The molecule has 18 heavy (non-hydrogen) atoms. The maximum atomic E-state index is 12.3. The normalized spacial score (nSPS) is 29.4. The van der Waals surface area contributed by atoms with Gasteiger partial charge in [-0.05, 0) is 38.5 Å². The van der Waals surface area contributed by atoms with E-state index in [1.807, 2.05) is 18.5 Å². The minimum atomic E-state index is 0.329. The van der Waals surface area contributed by atoms with Crippen LogP contribution in [0.25, 0.3) is 0 Å². The van der Waals surface area contributed by atoms with Gasteiger partial charge in [-0.1, -0.05) is 18.0 Å². The monoisotopic (exact) mass is 266 g/mol. The first kappa shape index (κ1) is 12.2. The Morgan fingerprint density at radius 2 is 2.11 bits per heavy atom. The SMILES string of the molecule is CCn1nc(C)c(Cl)c1CC(=O)C1C2CCCC21. The molecule has 0 amide bonds. The Morgan fingerprint density at radius 1 is 1.44 bits per heavy atom. The van der Waals surface area contributed by atoms with Gasteiger partial charge in [0.1, 0.15) is 5.78 Å². The summed E-state index contributed by atoms with van der Waals surface area (Å²) < 4.78 is 1.87. The van der Waals surface area contributed by atoms with Gasteiger partial charge in [-0.3, -0.25) is 9.48 Å². The van der Waals surface area contributed by atoms with Crippen LogP contribution in [-0.4, -0.2) is 15.6 Å². The van der Waals surface area contributed by atoms with Gasteiger partial charge in [0.2, 0.25) is 0 Å². The Bertz CT molecular complexity index is 484. The molecular formula is C14H19ClN2O. The lowest BCUT2D eigenvalue weighted by Gasteiger charge is -2.06. The molecule has 0 spiro atoms. The topological polar surface area (TPSA) is 34.9 Å². The second-order valence-corrected chi connectivity index (χ2v) is 5.97. The van der Waals surface area contributed by atoms with Crippen LogP contribution in [0.15, 0.2) is 0 Å². The summed E-state index contributed by atoms with van der Waals surface area (Å²) in [5.41, 5.74) is 1.74. The Labute approximate surface area is 113 Å². The van der Waals surface area contributed by atoms with E-state index in [0.29, 0.717) is 35.0 Å². The third-order valence-electron chi connectivity index (χ3n) is 4.57. The molecular weight excluding hydrogens is 248 g/mol. The van der Waals surface area contributed by atoms with E-state index in [0.717, 1.165) is 17.9 Å². The van der Waals surface area contributed by atoms with Gasteiger partial charge in [-0.2, -0.15) is 5.10 Å². The molecule has 2 unspecified atom stereocenters. The standard InChI is InChI=1S/C14H19ClN2O/c1-3-17-11(14(15)8(2)16-17)7-12(18)13-9-5-4-6-10(9)13/h9-10,13H,3-7H2,1-2H3. The van der Waals surface area contributed by atoms with Crippen LogP contribution >= 0.6 is 11.6 Å². The summed E-state index contributed by atoms with van der Waals surface area (Å²) in [5.74, 6) is 2.09. The second kappa shape index (κ2) is 4.37. The average Bonchev–Trinajstić information content (AvgIpc) is 2.71. The summed E-state index contributed by atoms with van der Waals surface area (Å²) in [5, 5.41) is 5.04. The average molecular weight is 267 g/mol. The number of rotatable bonds is 4. The summed E-state index contributed by atoms with van der Waals surface area (Å²) in [4.78, 5) is 12.3. The Kier molecular flexibility index (Phi) is 2.97. The molecule has 98 valence electrons. The van der Waals surface area contributed by atoms with Crippen molar-refractivity contribution < 1.29 is 4.79 Å². The van der Waals surface area contributed by atoms with E-state index in [1.165, 1.54) is 19.3 Å². The fourth-order valence-corrected chi connectivity index (χ4v) is 3.82. The number of aryl methyl sites for hydroxylation is 2. The zero-order chi connectivity index (χ0) is 12.9. The summed E-state index contributed by atoms with van der Waals surface area (Å²) in [6.07, 6.45) is 4.28. The minimum absolute atomic E-state index is 0.329. The van der Waals surface area contributed by atoms with Crippen LogP contribution in [0.2, 0.25) is 5.02 Å². The van der Waals surface area contributed by atoms with Crippen LogP contribution in [0.1, 0.15) is 37.6 Å². The number of carbonyl (C=O) groups excluding carboxylic acids is 1. The van der Waals surface area contributed by atoms with Gasteiger partial charge in [-0.25, -0.2) is 0 Å². The highest BCUT2D eigenvalue weighted by molar-refractivity contribution is 6.32. The number of halogens is 1. The van der Waals surface area contributed by atoms with Crippen molar-refractivity contribution in [3.8, 4) is 0 Å². The third-order valence-corrected chi connectivity index (χ3v) is 5.06. The third kappa shape index (κ3) is 1.80. The first-order valence-corrected chi connectivity index (χ1v) is 7.25. The molecule has 0 aromatic carbocycles. The van der Waals surface area contributed by atoms with Crippen molar-refractivity contribution in [3.63, 3.8) is 0 Å². The van der Waals surface area contributed by atoms with Gasteiger partial charge < -0.3 is 0 Å². The largest absolute Gasteiger partial charge is 0.299 e. The Balaban J connectivity index is 1.75. The highest BCUT2D eigenvalue weighted by Gasteiger charge is 2.55. The van der Waals surface area contributed by atoms with Gasteiger partial charge in [0.05, 0.1) is 22.8 Å². The van der Waals surface area contributed by atoms with Crippen LogP contribution in [0.5, 0.6) is 0 Å². The van der Waals surface area contributed by atoms with Crippen molar-refractivity contribution in [1.29, 1.82) is 0 Å². The molecule has 1 heterocycles. The minimum Gasteiger partial charge on any atom is -0.299 e. The molecule has 3 nitrogen and oxygen atoms in total. The van der Waals surface area contributed by atoms with Crippen molar-refractivity contribution in [1.82, 2.24) is 9.78 Å². The Morgan fingerprint density at radius 3 is 2.72 bits per heavy atom. The van der Waals surface area contributed by atoms with Crippen molar-refractivity contribution >= 4 is 17.4 Å². The summed E-state index contributed by atoms with van der Waals surface area (Å²) in [6, 6.07) is 0. The molecule has 3 rings (SSSR count). The first-order valence-electron chi connectivity index (χ1n) is 6.88. The van der Waals surface area contributed by atoms with Crippen molar-refractivity contribution in [2.24, 2.45) is 17.8 Å². The number of fused-ring (bicyclic) bond motifs is 1. The highest BCUT2D eigenvalue weighted by Crippen LogP contribution is 2.58. The summed E-state index contributed by atoms with van der Waals surface area (Å²) in [6.45, 7) is 4.70. The fourth-order valence-electron chi connectivity index (χ4n) is 3.62. The predicted molar refractivity (Wildman–Crippen MR) is 70.7 cm³/mol. The lowest BCUT2D eigenvalue weighted by atomic mass is 10.0. The number of hydrogen-bond donors (Lipinski definition) is 0. The molecule has 2 aliphatic carbocycles. The van der Waals surface area contributed by atoms with Crippen molar-refractivity contribution in [2.45, 2.75) is 46.1 Å². The van der Waals surface area contributed by atoms with E-state index in [-0.39, 0.29) is 0 Å². The number of aromatic nitrogens is 2. The molecule has 0 bridgehead atoms. The number of carbonyl (C=O) groups is 1. The van der Waals surface area contributed by atoms with E-state index in [2.05, 4.69) is 5.10 Å². The van der Waals surface area contributed by atoms with E-state index in [4.69, 9.17) is 11.6 Å². The molecule has 1 aromatic rings. The van der Waals surface area contributed by atoms with Gasteiger partial charge >= 0.3 is 0 Å². The summed E-state index contributed by atoms with van der Waals surface area (Å²) >= 11 is 6.25. The quantitative estimate of drug-likeness (QED) is 0.840. The summed E-state index contributed by atoms with van der Waals surface area (Å²) in [7, 11) is 0. The zero-order valence-electron chi connectivity index (χ0n) is 10.9. The lowest BCUT2D eigenvalue weighted by Crippen LogP contribution is -2.13. The van der Waals surface area contributed by atoms with E-state index < -0.39 is 0 Å². The Hall–Kier alpha value is -0.830. The maximum Gasteiger partial charge on any atom is 0.142 e. The van der Waals surface area contributed by atoms with Crippen LogP contribution in [0.4, 0.5) is 0 Å². The molecule has 1 aromatic heterocycles. The van der Waals surface area contributed by atoms with Gasteiger partial charge in [-0.15, -0.1) is 0 Å². The van der Waals surface area contributed by atoms with Crippen LogP contribution < -0.4 is 0 Å². The van der Waals surface area contributed by atoms with Crippen LogP contribution in [0.3, 0.4) is 0 Å². The molecule has 0 radical (unpaired) electrons. The number of Topliss-reactive ketones (excluding diaryl/α,β-unsaturated/α-hetero) is 1. The number of nitrogens with zero attached hydrogens (tertiary/aromatic N) is 2. The second-order valence-electron chi connectivity index (χ2n) is 5.59. The van der Waals surface area contributed by atoms with Crippen LogP contribution in [0, 0.1) is 24.7 Å². The fraction of sp³-hybridized carbons (Fsp3) is 0.714. The molecule has 2 saturated carbocycles. The van der Waals surface area contributed by atoms with Crippen LogP contribution in [-0.2, 0) is 17.8 Å². The molecule has 2 atom stereocenters. The van der Waals surface area contributed by atoms with Gasteiger partial charge in [0.15, 0.2) is 0 Å². The van der Waals surface area contributed by atoms with Gasteiger partial charge in [0.25, 0.3) is 0 Å². The first-order chi connectivity index (χ1) is 8.63. The predicted octanol–water partition coefficient (Wildman–Crippen LogP) is 3.02. The molecule has 0 saturated heterocycles. The zero-order valence-corrected chi connectivity index (χ0v) is 11.7. The molecule has 0 aliphatic heterocycles. The van der Waals surface area contributed by atoms with Gasteiger partial charge in [0, 0.05) is 12.5 Å². The molecule has 2 fully saturated rings. The highest BCUT2D eigenvalue weighted by atomic mass is 35.5. The van der Waals surface area contributed by atoms with E-state index >= 15 is 0 Å². The molecule has 4 heteroatoms. The van der Waals surface area contributed by atoms with E-state index in [9.17, 15) is 4.79 Å². The lowest BCUT2D eigenvalue weighted by molar-refractivity contribution is -0.120. The van der Waals surface area contributed by atoms with Crippen molar-refractivity contribution in [3.05, 3.63) is 16.4 Å². The smallest absolute Gasteiger partial charge is 0.142 e. The molecule has 0 N–H and O–H groups in total. The van der Waals surface area contributed by atoms with Crippen molar-refractivity contribution in [2.75, 3.05) is 0 Å². The number of ketones is 1.